The lowest BCUT2D eigenvalue weighted by atomic mass is 10.1. The summed E-state index contributed by atoms with van der Waals surface area (Å²) in [5, 5.41) is 0. The molecule has 68 valence electrons. The minimum absolute atomic E-state index is 0.0205. The van der Waals surface area contributed by atoms with Gasteiger partial charge in [0.1, 0.15) is 5.82 Å². The lowest BCUT2D eigenvalue weighted by molar-refractivity contribution is -0.123. The van der Waals surface area contributed by atoms with Gasteiger partial charge < -0.3 is 4.74 Å². The minimum atomic E-state index is -0.841. The van der Waals surface area contributed by atoms with Crippen molar-refractivity contribution in [3.05, 3.63) is 35.1 Å². The predicted molar refractivity (Wildman–Crippen MR) is 42.6 cm³/mol. The fourth-order valence-electron chi connectivity index (χ4n) is 0.936. The summed E-state index contributed by atoms with van der Waals surface area (Å²) < 4.78 is 17.0. The smallest absolute Gasteiger partial charge is 0.345 e. The molecule has 0 N–H and O–H groups in total. The van der Waals surface area contributed by atoms with Gasteiger partial charge in [-0.3, -0.25) is 4.79 Å². The number of hydrogen-bond donors (Lipinski definition) is 0. The number of carbonyl (C=O) groups excluding carboxylic acids is 2. The number of hydrogen-bond acceptors (Lipinski definition) is 3. The topological polar surface area (TPSA) is 43.4 Å². The van der Waals surface area contributed by atoms with Crippen LogP contribution in [0.1, 0.15) is 15.9 Å². The molecule has 0 radical (unpaired) electrons. The SMILES string of the molecule is Cc1c(F)cccc1C(=O)OC=O. The lowest BCUT2D eigenvalue weighted by Crippen LogP contribution is -2.06. The molecule has 1 aromatic carbocycles. The third kappa shape index (κ3) is 1.90. The third-order valence-corrected chi connectivity index (χ3v) is 1.64. The van der Waals surface area contributed by atoms with Gasteiger partial charge in [-0.15, -0.1) is 0 Å². The van der Waals surface area contributed by atoms with Gasteiger partial charge >= 0.3 is 12.4 Å². The molecule has 0 aromatic heterocycles. The Morgan fingerprint density at radius 2 is 2.23 bits per heavy atom. The zero-order valence-electron chi connectivity index (χ0n) is 6.91. The highest BCUT2D eigenvalue weighted by Crippen LogP contribution is 2.12. The van der Waals surface area contributed by atoms with E-state index < -0.39 is 11.8 Å². The Morgan fingerprint density at radius 3 is 2.85 bits per heavy atom. The molecule has 0 unspecified atom stereocenters. The summed E-state index contributed by atoms with van der Waals surface area (Å²) in [7, 11) is 0. The summed E-state index contributed by atoms with van der Waals surface area (Å²) >= 11 is 0. The average molecular weight is 182 g/mol. The number of carbonyl (C=O) groups is 2. The van der Waals surface area contributed by atoms with Gasteiger partial charge in [-0.05, 0) is 24.6 Å². The molecule has 1 aromatic rings. The molecule has 0 heterocycles. The summed E-state index contributed by atoms with van der Waals surface area (Å²) in [4.78, 5) is 20.8. The number of ether oxygens (including phenoxy) is 1. The van der Waals surface area contributed by atoms with Crippen molar-refractivity contribution >= 4 is 12.4 Å². The second kappa shape index (κ2) is 3.80. The van der Waals surface area contributed by atoms with E-state index in [2.05, 4.69) is 4.74 Å². The highest BCUT2D eigenvalue weighted by atomic mass is 19.1. The molecule has 0 atom stereocenters. The monoisotopic (exact) mass is 182 g/mol. The van der Waals surface area contributed by atoms with Crippen LogP contribution in [0.3, 0.4) is 0 Å². The van der Waals surface area contributed by atoms with E-state index in [-0.39, 0.29) is 17.6 Å². The Hall–Kier alpha value is -1.71. The van der Waals surface area contributed by atoms with E-state index in [4.69, 9.17) is 0 Å². The van der Waals surface area contributed by atoms with Crippen molar-refractivity contribution < 1.29 is 18.7 Å². The van der Waals surface area contributed by atoms with E-state index in [0.29, 0.717) is 0 Å². The molecule has 13 heavy (non-hydrogen) atoms. The van der Waals surface area contributed by atoms with Gasteiger partial charge in [-0.25, -0.2) is 9.18 Å². The van der Waals surface area contributed by atoms with E-state index in [9.17, 15) is 14.0 Å². The highest BCUT2D eigenvalue weighted by Gasteiger charge is 2.12. The van der Waals surface area contributed by atoms with Crippen molar-refractivity contribution in [3.63, 3.8) is 0 Å². The molecule has 4 heteroatoms. The van der Waals surface area contributed by atoms with Crippen LogP contribution in [0.25, 0.3) is 0 Å². The van der Waals surface area contributed by atoms with Crippen molar-refractivity contribution in [2.24, 2.45) is 0 Å². The normalized spacial score (nSPS) is 9.38. The maximum Gasteiger partial charge on any atom is 0.345 e. The van der Waals surface area contributed by atoms with E-state index in [1.165, 1.54) is 25.1 Å². The molecule has 0 spiro atoms. The maximum atomic E-state index is 12.9. The Bertz CT molecular complexity index is 347. The molecule has 0 aliphatic heterocycles. The third-order valence-electron chi connectivity index (χ3n) is 1.64. The first kappa shape index (κ1) is 9.38. The zero-order chi connectivity index (χ0) is 9.84. The standard InChI is InChI=1S/C9H7FO3/c1-6-7(9(12)13-5-11)3-2-4-8(6)10/h2-5H,1H3. The van der Waals surface area contributed by atoms with Crippen molar-refractivity contribution in [1.82, 2.24) is 0 Å². The molecule has 0 saturated heterocycles. The predicted octanol–water partition coefficient (Wildman–Crippen LogP) is 1.45. The van der Waals surface area contributed by atoms with Crippen molar-refractivity contribution in [3.8, 4) is 0 Å². The van der Waals surface area contributed by atoms with Crippen LogP contribution in [0.5, 0.6) is 0 Å². The maximum absolute atomic E-state index is 12.9. The molecule has 0 bridgehead atoms. The van der Waals surface area contributed by atoms with Crippen LogP contribution < -0.4 is 0 Å². The van der Waals surface area contributed by atoms with Crippen molar-refractivity contribution in [1.29, 1.82) is 0 Å². The first-order valence-corrected chi connectivity index (χ1v) is 3.56. The largest absolute Gasteiger partial charge is 0.392 e. The minimum Gasteiger partial charge on any atom is -0.392 e. The average Bonchev–Trinajstić information content (AvgIpc) is 2.10. The Labute approximate surface area is 74.1 Å². The second-order valence-electron chi connectivity index (χ2n) is 2.41. The fourth-order valence-corrected chi connectivity index (χ4v) is 0.936. The van der Waals surface area contributed by atoms with Crippen molar-refractivity contribution in [2.45, 2.75) is 6.92 Å². The van der Waals surface area contributed by atoms with Crippen LogP contribution in [0.2, 0.25) is 0 Å². The number of esters is 1. The Morgan fingerprint density at radius 1 is 1.54 bits per heavy atom. The van der Waals surface area contributed by atoms with Gasteiger partial charge in [-0.2, -0.15) is 0 Å². The first-order chi connectivity index (χ1) is 6.16. The molecular weight excluding hydrogens is 175 g/mol. The summed E-state index contributed by atoms with van der Waals surface area (Å²) in [6.45, 7) is 1.46. The van der Waals surface area contributed by atoms with E-state index in [0.717, 1.165) is 0 Å². The zero-order valence-corrected chi connectivity index (χ0v) is 6.91. The van der Waals surface area contributed by atoms with E-state index in [1.54, 1.807) is 0 Å². The van der Waals surface area contributed by atoms with Gasteiger partial charge in [0.15, 0.2) is 0 Å². The Kier molecular flexibility index (Phi) is 2.74. The first-order valence-electron chi connectivity index (χ1n) is 3.56. The van der Waals surface area contributed by atoms with Gasteiger partial charge in [-0.1, -0.05) is 6.07 Å². The lowest BCUT2D eigenvalue weighted by Gasteiger charge is -2.02. The van der Waals surface area contributed by atoms with Crippen LogP contribution in [-0.2, 0) is 9.53 Å². The molecule has 0 saturated carbocycles. The molecular formula is C9H7FO3. The van der Waals surface area contributed by atoms with Gasteiger partial charge in [0, 0.05) is 0 Å². The van der Waals surface area contributed by atoms with E-state index >= 15 is 0 Å². The van der Waals surface area contributed by atoms with Crippen LogP contribution in [-0.4, -0.2) is 12.4 Å². The summed E-state index contributed by atoms with van der Waals surface area (Å²) in [5.41, 5.74) is 0.237. The molecule has 3 nitrogen and oxygen atoms in total. The van der Waals surface area contributed by atoms with Crippen LogP contribution in [0, 0.1) is 12.7 Å². The van der Waals surface area contributed by atoms with Crippen LogP contribution >= 0.6 is 0 Å². The molecule has 0 fully saturated rings. The van der Waals surface area contributed by atoms with Gasteiger partial charge in [0.25, 0.3) is 0 Å². The number of rotatable bonds is 2. The molecule has 0 aliphatic rings. The summed E-state index contributed by atoms with van der Waals surface area (Å²) in [6, 6.07) is 4.00. The molecule has 0 aliphatic carbocycles. The fraction of sp³-hybridized carbons (Fsp3) is 0.111. The summed E-state index contributed by atoms with van der Waals surface area (Å²) in [5.74, 6) is -1.34. The van der Waals surface area contributed by atoms with Crippen molar-refractivity contribution in [2.75, 3.05) is 0 Å². The summed E-state index contributed by atoms with van der Waals surface area (Å²) in [6.07, 6.45) is 0. The molecule has 0 amide bonds. The van der Waals surface area contributed by atoms with E-state index in [1.807, 2.05) is 0 Å². The van der Waals surface area contributed by atoms with Crippen LogP contribution in [0.4, 0.5) is 4.39 Å². The second-order valence-corrected chi connectivity index (χ2v) is 2.41. The number of benzene rings is 1. The Balaban J connectivity index is 3.07. The van der Waals surface area contributed by atoms with Gasteiger partial charge in [0.2, 0.25) is 0 Å². The quantitative estimate of drug-likeness (QED) is 0.395. The van der Waals surface area contributed by atoms with Gasteiger partial charge in [0.05, 0.1) is 5.56 Å². The molecule has 1 rings (SSSR count). The highest BCUT2D eigenvalue weighted by molar-refractivity contribution is 5.94. The number of halogens is 1. The van der Waals surface area contributed by atoms with Crippen LogP contribution in [0.15, 0.2) is 18.2 Å².